The van der Waals surface area contributed by atoms with E-state index in [2.05, 4.69) is 15.3 Å². The fourth-order valence-electron chi connectivity index (χ4n) is 3.46. The van der Waals surface area contributed by atoms with Gasteiger partial charge in [0, 0.05) is 23.9 Å². The molecule has 0 aliphatic carbocycles. The van der Waals surface area contributed by atoms with Crippen molar-refractivity contribution in [1.29, 1.82) is 0 Å². The summed E-state index contributed by atoms with van der Waals surface area (Å²) in [7, 11) is 0. The second-order valence-electron chi connectivity index (χ2n) is 6.79. The maximum atomic E-state index is 15.1. The molecule has 0 fully saturated rings. The van der Waals surface area contributed by atoms with Gasteiger partial charge in [0.15, 0.2) is 5.54 Å². The predicted octanol–water partition coefficient (Wildman–Crippen LogP) is 2.99. The highest BCUT2D eigenvalue weighted by atomic mass is 35.5. The number of nitrogens with two attached hydrogens (primary N) is 1. The third-order valence-corrected chi connectivity index (χ3v) is 5.06. The van der Waals surface area contributed by atoms with Crippen LogP contribution in [-0.2, 0) is 10.3 Å². The quantitative estimate of drug-likeness (QED) is 0.775. The van der Waals surface area contributed by atoms with Crippen molar-refractivity contribution >= 4 is 29.0 Å². The number of aromatic nitrogens is 1. The molecule has 1 atom stereocenters. The highest BCUT2D eigenvalue weighted by Gasteiger charge is 2.58. The predicted molar refractivity (Wildman–Crippen MR) is 103 cm³/mol. The molecule has 1 amide bonds. The largest absolute Gasteiger partial charge is 0.493 e. The Morgan fingerprint density at radius 2 is 2.10 bits per heavy atom. The third kappa shape index (κ3) is 3.51. The third-order valence-electron chi connectivity index (χ3n) is 4.84. The summed E-state index contributed by atoms with van der Waals surface area (Å²) in [6, 6.07) is 7.50. The fraction of sp³-hybridized carbons (Fsp3) is 0.316. The van der Waals surface area contributed by atoms with Crippen LogP contribution in [0.3, 0.4) is 0 Å². The summed E-state index contributed by atoms with van der Waals surface area (Å²) >= 11 is 5.78. The monoisotopic (exact) mass is 422 g/mol. The molecule has 2 aromatic rings. The lowest BCUT2D eigenvalue weighted by Crippen LogP contribution is -2.49. The molecular formula is C19H17ClF2N4O3. The van der Waals surface area contributed by atoms with Crippen molar-refractivity contribution < 1.29 is 23.0 Å². The van der Waals surface area contributed by atoms with Gasteiger partial charge in [-0.3, -0.25) is 9.79 Å². The first-order chi connectivity index (χ1) is 13.8. The van der Waals surface area contributed by atoms with E-state index in [9.17, 15) is 4.79 Å². The Hall–Kier alpha value is -2.78. The number of alkyl halides is 2. The lowest BCUT2D eigenvalue weighted by Gasteiger charge is -2.40. The number of rotatable bonds is 2. The molecule has 0 saturated heterocycles. The molecule has 7 nitrogen and oxygen atoms in total. The Bertz CT molecular complexity index is 984. The summed E-state index contributed by atoms with van der Waals surface area (Å²) < 4.78 is 40.7. The Morgan fingerprint density at radius 3 is 2.86 bits per heavy atom. The van der Waals surface area contributed by atoms with Crippen molar-refractivity contribution in [2.75, 3.05) is 25.1 Å². The fourth-order valence-corrected chi connectivity index (χ4v) is 3.58. The van der Waals surface area contributed by atoms with E-state index < -0.39 is 24.0 Å². The normalized spacial score (nSPS) is 22.8. The van der Waals surface area contributed by atoms with Crippen molar-refractivity contribution in [3.05, 3.63) is 52.8 Å². The van der Waals surface area contributed by atoms with Gasteiger partial charge >= 0.3 is 0 Å². The van der Waals surface area contributed by atoms with Crippen LogP contribution in [0.25, 0.3) is 0 Å². The molecule has 2 aliphatic heterocycles. The number of benzene rings is 1. The molecule has 3 N–H and O–H groups in total. The first kappa shape index (κ1) is 19.5. The van der Waals surface area contributed by atoms with Gasteiger partial charge in [0.05, 0.1) is 11.6 Å². The number of carbonyl (C=O) groups excluding carboxylic acids is 1. The maximum Gasteiger partial charge on any atom is 0.299 e. The zero-order valence-electron chi connectivity index (χ0n) is 15.1. The van der Waals surface area contributed by atoms with Gasteiger partial charge in [0.25, 0.3) is 11.8 Å². The number of hydrogen-bond donors (Lipinski definition) is 2. The van der Waals surface area contributed by atoms with E-state index in [1.807, 2.05) is 0 Å². The number of amidine groups is 1. The first-order valence-corrected chi connectivity index (χ1v) is 9.18. The second-order valence-corrected chi connectivity index (χ2v) is 7.22. The highest BCUT2D eigenvalue weighted by molar-refractivity contribution is 6.30. The molecule has 0 bridgehead atoms. The van der Waals surface area contributed by atoms with Gasteiger partial charge in [0.2, 0.25) is 0 Å². The summed E-state index contributed by atoms with van der Waals surface area (Å²) in [5.74, 6) is -3.58. The van der Waals surface area contributed by atoms with Crippen molar-refractivity contribution in [2.24, 2.45) is 10.7 Å². The molecule has 3 heterocycles. The Labute approximate surface area is 169 Å². The number of hydrogen-bond acceptors (Lipinski definition) is 6. The molecule has 4 rings (SSSR count). The molecule has 0 radical (unpaired) electrons. The molecule has 1 aromatic heterocycles. The lowest BCUT2D eigenvalue weighted by atomic mass is 9.79. The number of halogens is 3. The van der Waals surface area contributed by atoms with Crippen LogP contribution in [0.1, 0.15) is 22.5 Å². The van der Waals surface area contributed by atoms with Gasteiger partial charge in [-0.25, -0.2) is 13.8 Å². The molecule has 0 saturated carbocycles. The number of nitrogens with zero attached hydrogens (tertiary/aromatic N) is 2. The van der Waals surface area contributed by atoms with Crippen LogP contribution in [-0.4, -0.2) is 42.5 Å². The van der Waals surface area contributed by atoms with Gasteiger partial charge < -0.3 is 20.5 Å². The summed E-state index contributed by atoms with van der Waals surface area (Å²) in [5, 5.41) is 3.04. The molecule has 1 spiro atoms. The van der Waals surface area contributed by atoms with Crippen molar-refractivity contribution in [2.45, 2.75) is 17.9 Å². The lowest BCUT2D eigenvalue weighted by molar-refractivity contribution is -0.129. The zero-order valence-corrected chi connectivity index (χ0v) is 15.9. The highest BCUT2D eigenvalue weighted by Crippen LogP contribution is 2.51. The van der Waals surface area contributed by atoms with E-state index in [1.54, 1.807) is 6.07 Å². The molecule has 2 aliphatic rings. The molecular weight excluding hydrogens is 406 g/mol. The van der Waals surface area contributed by atoms with Crippen molar-refractivity contribution in [1.82, 2.24) is 4.98 Å². The Balaban J connectivity index is 1.73. The van der Waals surface area contributed by atoms with Crippen LogP contribution in [0.15, 0.2) is 41.5 Å². The zero-order chi connectivity index (χ0) is 20.6. The summed E-state index contributed by atoms with van der Waals surface area (Å²) in [4.78, 5) is 20.5. The van der Waals surface area contributed by atoms with Crippen molar-refractivity contribution in [3.63, 3.8) is 0 Å². The van der Waals surface area contributed by atoms with Gasteiger partial charge in [-0.05, 0) is 30.3 Å². The second kappa shape index (κ2) is 7.23. The van der Waals surface area contributed by atoms with Gasteiger partial charge in [-0.15, -0.1) is 0 Å². The standard InChI is InChI=1S/C19H17ClF2N4O3/c20-11-1-3-14(24-8-11)17(27)25-12-2-4-15-13(7-12)18(5-6-29-15)19(21,22)10-28-9-16(23)26-18/h1-4,7-8H,5-6,9-10H2,(H2,23,26)(H,25,27). The average Bonchev–Trinajstić information content (AvgIpc) is 2.79. The minimum absolute atomic E-state index is 0.0187. The maximum absolute atomic E-state index is 15.1. The van der Waals surface area contributed by atoms with E-state index in [0.29, 0.717) is 10.7 Å². The summed E-state index contributed by atoms with van der Waals surface area (Å²) in [6.07, 6.45) is 1.27. The van der Waals surface area contributed by atoms with E-state index in [0.717, 1.165) is 0 Å². The van der Waals surface area contributed by atoms with Crippen LogP contribution < -0.4 is 15.8 Å². The first-order valence-electron chi connectivity index (χ1n) is 8.81. The van der Waals surface area contributed by atoms with Crippen molar-refractivity contribution in [3.8, 4) is 5.75 Å². The summed E-state index contributed by atoms with van der Waals surface area (Å²) in [5.41, 5.74) is 4.43. The number of amides is 1. The minimum Gasteiger partial charge on any atom is -0.493 e. The van der Waals surface area contributed by atoms with Crippen LogP contribution in [0.2, 0.25) is 5.02 Å². The number of fused-ring (bicyclic) bond motifs is 2. The van der Waals surface area contributed by atoms with Crippen LogP contribution in [0, 0.1) is 0 Å². The number of ether oxygens (including phenoxy) is 2. The number of aliphatic imine (C=N–C) groups is 1. The Kier molecular flexibility index (Phi) is 4.87. The van der Waals surface area contributed by atoms with Gasteiger partial charge in [-0.1, -0.05) is 11.6 Å². The van der Waals surface area contributed by atoms with E-state index >= 15 is 8.78 Å². The number of carbonyl (C=O) groups is 1. The molecule has 10 heteroatoms. The van der Waals surface area contributed by atoms with Crippen LogP contribution in [0.5, 0.6) is 5.75 Å². The average molecular weight is 423 g/mol. The number of anilines is 1. The number of pyridine rings is 1. The van der Waals surface area contributed by atoms with Crippen LogP contribution in [0.4, 0.5) is 14.5 Å². The van der Waals surface area contributed by atoms with Gasteiger partial charge in [-0.2, -0.15) is 0 Å². The number of nitrogens with one attached hydrogen (secondary N) is 1. The molecule has 29 heavy (non-hydrogen) atoms. The summed E-state index contributed by atoms with van der Waals surface area (Å²) in [6.45, 7) is -0.937. The molecule has 1 aromatic carbocycles. The molecule has 1 unspecified atom stereocenters. The van der Waals surface area contributed by atoms with E-state index in [-0.39, 0.29) is 42.5 Å². The topological polar surface area (TPSA) is 98.8 Å². The smallest absolute Gasteiger partial charge is 0.299 e. The molecule has 152 valence electrons. The van der Waals surface area contributed by atoms with Crippen LogP contribution >= 0.6 is 11.6 Å². The minimum atomic E-state index is -3.31. The Morgan fingerprint density at radius 1 is 1.28 bits per heavy atom. The van der Waals surface area contributed by atoms with E-state index in [4.69, 9.17) is 26.8 Å². The van der Waals surface area contributed by atoms with Gasteiger partial charge in [0.1, 0.15) is 30.5 Å². The SMILES string of the molecule is NC1=NC2(CCOc3ccc(NC(=O)c4ccc(Cl)cn4)cc32)C(F)(F)COC1. The van der Waals surface area contributed by atoms with E-state index in [1.165, 1.54) is 30.5 Å².